The van der Waals surface area contributed by atoms with Crippen LogP contribution in [-0.4, -0.2) is 12.9 Å². The zero-order valence-electron chi connectivity index (χ0n) is 15.1. The lowest BCUT2D eigenvalue weighted by atomic mass is 9.91. The number of nitrogens with zero attached hydrogens (tertiary/aromatic N) is 1. The topological polar surface area (TPSA) is 38.4 Å². The number of nitrogens with two attached hydrogens (primary N) is 1. The van der Waals surface area contributed by atoms with Crippen LogP contribution in [0.4, 0.5) is 0 Å². The molecule has 2 nitrogen and oxygen atoms in total. The number of hydrogen-bond acceptors (Lipinski definition) is 2. The van der Waals surface area contributed by atoms with E-state index in [1.165, 1.54) is 39.0 Å². The lowest BCUT2D eigenvalue weighted by Crippen LogP contribution is -2.03. The number of aryl methyl sites for hydroxylation is 1. The third kappa shape index (κ3) is 3.82. The van der Waals surface area contributed by atoms with Gasteiger partial charge in [-0.15, -0.1) is 6.58 Å². The lowest BCUT2D eigenvalue weighted by molar-refractivity contribution is 1.05. The molecule has 2 N–H and O–H groups in total. The Morgan fingerprint density at radius 1 is 1.38 bits per heavy atom. The molecule has 0 radical (unpaired) electrons. The second kappa shape index (κ2) is 8.07. The van der Waals surface area contributed by atoms with Crippen LogP contribution >= 0.6 is 0 Å². The first-order valence-electron chi connectivity index (χ1n) is 8.57. The summed E-state index contributed by atoms with van der Waals surface area (Å²) in [6.45, 7) is 14.8. The largest absolute Gasteiger partial charge is 0.312 e. The molecule has 0 bridgehead atoms. The molecule has 2 rings (SSSR count). The Bertz CT molecular complexity index is 733. The smallest absolute Gasteiger partial charge is 0.0859 e. The molecule has 1 saturated carbocycles. The molecule has 1 aliphatic carbocycles. The minimum absolute atomic E-state index is 0.322. The summed E-state index contributed by atoms with van der Waals surface area (Å²) in [5.41, 5.74) is 14.6. The summed E-state index contributed by atoms with van der Waals surface area (Å²) in [5, 5.41) is 0. The Hall–Kier alpha value is -2.19. The van der Waals surface area contributed by atoms with Crippen LogP contribution in [0.2, 0.25) is 0 Å². The van der Waals surface area contributed by atoms with Crippen LogP contribution in [0.25, 0.3) is 6.08 Å². The number of aliphatic imine (C=N–C) groups is 1. The predicted molar refractivity (Wildman–Crippen MR) is 106 cm³/mol. The minimum Gasteiger partial charge on any atom is -0.312 e. The van der Waals surface area contributed by atoms with E-state index in [-0.39, 0.29) is 0 Å². The molecular weight excluding hydrogens is 292 g/mol. The lowest BCUT2D eigenvalue weighted by Gasteiger charge is -2.14. The number of hydrogen-bond donors (Lipinski definition) is 1. The van der Waals surface area contributed by atoms with E-state index < -0.39 is 0 Å². The fourth-order valence-corrected chi connectivity index (χ4v) is 3.10. The van der Waals surface area contributed by atoms with Crippen molar-refractivity contribution in [2.45, 2.75) is 33.6 Å². The molecule has 0 amide bonds. The summed E-state index contributed by atoms with van der Waals surface area (Å²) in [6, 6.07) is 4.47. The number of rotatable bonds is 7. The Morgan fingerprint density at radius 3 is 2.67 bits per heavy atom. The van der Waals surface area contributed by atoms with Crippen molar-refractivity contribution in [3.63, 3.8) is 0 Å². The first-order valence-corrected chi connectivity index (χ1v) is 8.57. The molecule has 1 aromatic carbocycles. The monoisotopic (exact) mass is 320 g/mol. The summed E-state index contributed by atoms with van der Waals surface area (Å²) in [5.74, 6) is 0.351. The molecular formula is C22H28N2. The zero-order chi connectivity index (χ0) is 17.7. The molecule has 0 saturated heterocycles. The van der Waals surface area contributed by atoms with Crippen LogP contribution in [0.15, 0.2) is 59.2 Å². The van der Waals surface area contributed by atoms with Gasteiger partial charge in [0.05, 0.1) is 6.67 Å². The average molecular weight is 320 g/mol. The van der Waals surface area contributed by atoms with E-state index in [1.807, 2.05) is 19.2 Å². The van der Waals surface area contributed by atoms with Crippen LogP contribution < -0.4 is 5.73 Å². The van der Waals surface area contributed by atoms with Gasteiger partial charge in [0.1, 0.15) is 0 Å². The predicted octanol–water partition coefficient (Wildman–Crippen LogP) is 4.79. The van der Waals surface area contributed by atoms with Gasteiger partial charge in [-0.25, -0.2) is 0 Å². The normalized spacial score (nSPS) is 19.3. The summed E-state index contributed by atoms with van der Waals surface area (Å²) < 4.78 is 0. The average Bonchev–Trinajstić information content (AvgIpc) is 3.22. The first-order chi connectivity index (χ1) is 11.6. The molecule has 0 aliphatic heterocycles. The highest BCUT2D eigenvalue weighted by Gasteiger charge is 2.32. The van der Waals surface area contributed by atoms with E-state index in [0.717, 1.165) is 12.8 Å². The van der Waals surface area contributed by atoms with E-state index in [1.54, 1.807) is 0 Å². The van der Waals surface area contributed by atoms with Crippen molar-refractivity contribution in [3.05, 3.63) is 76.4 Å². The Labute approximate surface area is 146 Å². The highest BCUT2D eigenvalue weighted by Crippen LogP contribution is 2.46. The van der Waals surface area contributed by atoms with Crippen LogP contribution in [0, 0.1) is 12.8 Å². The maximum Gasteiger partial charge on any atom is 0.0859 e. The number of allylic oxidation sites excluding steroid dienone is 5. The third-order valence-electron chi connectivity index (χ3n) is 4.79. The maximum absolute atomic E-state index is 5.50. The molecule has 2 heteroatoms. The van der Waals surface area contributed by atoms with E-state index in [4.69, 9.17) is 5.73 Å². The van der Waals surface area contributed by atoms with Gasteiger partial charge in [0.15, 0.2) is 0 Å². The van der Waals surface area contributed by atoms with Crippen LogP contribution in [0.5, 0.6) is 0 Å². The van der Waals surface area contributed by atoms with Crippen molar-refractivity contribution in [1.29, 1.82) is 0 Å². The van der Waals surface area contributed by atoms with Crippen molar-refractivity contribution in [3.8, 4) is 0 Å². The molecule has 24 heavy (non-hydrogen) atoms. The van der Waals surface area contributed by atoms with E-state index >= 15 is 0 Å². The van der Waals surface area contributed by atoms with Gasteiger partial charge in [-0.1, -0.05) is 43.9 Å². The zero-order valence-corrected chi connectivity index (χ0v) is 15.1. The van der Waals surface area contributed by atoms with E-state index in [2.05, 4.69) is 56.3 Å². The SMILES string of the molecule is C=CC1C(=C)/C1=C/c1ccc(CC)c(C)c1C/C(C=NCN)=C/C. The molecule has 1 atom stereocenters. The highest BCUT2D eigenvalue weighted by atomic mass is 14.8. The summed E-state index contributed by atoms with van der Waals surface area (Å²) in [4.78, 5) is 4.19. The Kier molecular flexibility index (Phi) is 6.10. The molecule has 0 heterocycles. The molecule has 0 aromatic heterocycles. The quantitative estimate of drug-likeness (QED) is 0.569. The van der Waals surface area contributed by atoms with E-state index in [0.29, 0.717) is 12.6 Å². The maximum atomic E-state index is 5.50. The summed E-state index contributed by atoms with van der Waals surface area (Å²) >= 11 is 0. The molecule has 1 fully saturated rings. The van der Waals surface area contributed by atoms with Gasteiger partial charge in [-0.05, 0) is 65.7 Å². The number of benzene rings is 1. The van der Waals surface area contributed by atoms with E-state index in [9.17, 15) is 0 Å². The van der Waals surface area contributed by atoms with Crippen molar-refractivity contribution in [1.82, 2.24) is 0 Å². The van der Waals surface area contributed by atoms with Gasteiger partial charge in [-0.3, -0.25) is 4.99 Å². The summed E-state index contributed by atoms with van der Waals surface area (Å²) in [6.07, 6.45) is 10.1. The molecule has 1 unspecified atom stereocenters. The standard InChI is InChI=1S/C22H28N2/c1-6-17(13-24-14-23)11-21-15(4)18(7-2)9-10-19(21)12-22-16(5)20(22)8-3/h6,8-10,12-13,20H,3,5,7,11,14,23H2,1-2,4H3/b17-6-,22-12-,24-13?. The summed E-state index contributed by atoms with van der Waals surface area (Å²) in [7, 11) is 0. The fraction of sp³-hybridized carbons (Fsp3) is 0.318. The second-order valence-electron chi connectivity index (χ2n) is 6.14. The van der Waals surface area contributed by atoms with Crippen molar-refractivity contribution >= 4 is 12.3 Å². The van der Waals surface area contributed by atoms with Gasteiger partial charge in [0.2, 0.25) is 0 Å². The minimum atomic E-state index is 0.322. The molecule has 1 aliphatic rings. The Balaban J connectivity index is 2.45. The van der Waals surface area contributed by atoms with Gasteiger partial charge in [0.25, 0.3) is 0 Å². The van der Waals surface area contributed by atoms with Gasteiger partial charge in [0, 0.05) is 12.1 Å². The van der Waals surface area contributed by atoms with Crippen LogP contribution in [0.3, 0.4) is 0 Å². The molecule has 1 aromatic rings. The van der Waals surface area contributed by atoms with Gasteiger partial charge >= 0.3 is 0 Å². The van der Waals surface area contributed by atoms with Gasteiger partial charge in [-0.2, -0.15) is 0 Å². The second-order valence-corrected chi connectivity index (χ2v) is 6.14. The first kappa shape index (κ1) is 18.2. The van der Waals surface area contributed by atoms with Crippen LogP contribution in [-0.2, 0) is 12.8 Å². The highest BCUT2D eigenvalue weighted by molar-refractivity contribution is 5.80. The van der Waals surface area contributed by atoms with Crippen molar-refractivity contribution < 1.29 is 0 Å². The Morgan fingerprint density at radius 2 is 2.12 bits per heavy atom. The molecule has 0 spiro atoms. The fourth-order valence-electron chi connectivity index (χ4n) is 3.10. The van der Waals surface area contributed by atoms with Crippen molar-refractivity contribution in [2.75, 3.05) is 6.67 Å². The third-order valence-corrected chi connectivity index (χ3v) is 4.79. The molecule has 126 valence electrons. The van der Waals surface area contributed by atoms with Gasteiger partial charge < -0.3 is 5.73 Å². The van der Waals surface area contributed by atoms with Crippen molar-refractivity contribution in [2.24, 2.45) is 16.6 Å². The van der Waals surface area contributed by atoms with Crippen LogP contribution in [0.1, 0.15) is 36.1 Å².